The van der Waals surface area contributed by atoms with Crippen molar-refractivity contribution >= 4 is 28.6 Å². The van der Waals surface area contributed by atoms with Crippen LogP contribution < -0.4 is 16.4 Å². The first kappa shape index (κ1) is 20.8. The van der Waals surface area contributed by atoms with Crippen molar-refractivity contribution in [2.75, 3.05) is 6.61 Å². The largest absolute Gasteiger partial charge is 0.466 e. The minimum atomic E-state index is -0.381. The third-order valence-corrected chi connectivity index (χ3v) is 5.58. The van der Waals surface area contributed by atoms with Crippen LogP contribution in [-0.2, 0) is 16.1 Å². The lowest BCUT2D eigenvalue weighted by Gasteiger charge is -2.16. The standard InChI is InChI=1S/C22H25N5O4/c1-14(28)31-12-6-11-27-19(23)16(21(29)24-15-7-2-3-8-15)13-17-20(27)25-18-9-4-5-10-26(18)22(17)30/h4-5,9-10,13,15,23H,2-3,6-8,11-12H2,1H3,(H,24,29). The SMILES string of the molecule is CC(=O)OCCCn1c(=N)c(C(=O)NC2CCCC2)cc2c(=O)n3ccccc3nc21. The second-order valence-electron chi connectivity index (χ2n) is 7.79. The molecule has 0 atom stereocenters. The summed E-state index contributed by atoms with van der Waals surface area (Å²) in [7, 11) is 0. The van der Waals surface area contributed by atoms with Gasteiger partial charge in [0.15, 0.2) is 0 Å². The number of hydrogen-bond donors (Lipinski definition) is 2. The highest BCUT2D eigenvalue weighted by Gasteiger charge is 2.21. The van der Waals surface area contributed by atoms with Crippen LogP contribution in [0.2, 0.25) is 0 Å². The van der Waals surface area contributed by atoms with Crippen molar-refractivity contribution in [3.63, 3.8) is 0 Å². The molecule has 3 aromatic rings. The summed E-state index contributed by atoms with van der Waals surface area (Å²) < 4.78 is 7.97. The van der Waals surface area contributed by atoms with Crippen LogP contribution in [0.15, 0.2) is 35.3 Å². The Hall–Kier alpha value is -3.49. The summed E-state index contributed by atoms with van der Waals surface area (Å²) in [6.07, 6.45) is 6.04. The lowest BCUT2D eigenvalue weighted by Crippen LogP contribution is -2.38. The van der Waals surface area contributed by atoms with Gasteiger partial charge in [-0.25, -0.2) is 4.98 Å². The maximum atomic E-state index is 13.1. The monoisotopic (exact) mass is 423 g/mol. The van der Waals surface area contributed by atoms with Gasteiger partial charge >= 0.3 is 5.97 Å². The van der Waals surface area contributed by atoms with Gasteiger partial charge < -0.3 is 14.6 Å². The zero-order valence-electron chi connectivity index (χ0n) is 17.4. The molecule has 0 spiro atoms. The highest BCUT2D eigenvalue weighted by atomic mass is 16.5. The van der Waals surface area contributed by atoms with Gasteiger partial charge in [0.25, 0.3) is 11.5 Å². The molecule has 1 aliphatic rings. The fourth-order valence-corrected chi connectivity index (χ4v) is 4.05. The number of rotatable bonds is 6. The van der Waals surface area contributed by atoms with Crippen molar-refractivity contribution in [2.45, 2.75) is 51.6 Å². The van der Waals surface area contributed by atoms with E-state index in [1.807, 2.05) is 0 Å². The predicted octanol–water partition coefficient (Wildman–Crippen LogP) is 1.75. The predicted molar refractivity (Wildman–Crippen MR) is 114 cm³/mol. The molecule has 0 unspecified atom stereocenters. The number of carbonyl (C=O) groups excluding carboxylic acids is 2. The van der Waals surface area contributed by atoms with Crippen LogP contribution in [0.4, 0.5) is 0 Å². The smallest absolute Gasteiger partial charge is 0.302 e. The Morgan fingerprint density at radius 3 is 2.81 bits per heavy atom. The van der Waals surface area contributed by atoms with Crippen LogP contribution in [0.5, 0.6) is 0 Å². The molecular weight excluding hydrogens is 398 g/mol. The van der Waals surface area contributed by atoms with Gasteiger partial charge in [0.05, 0.1) is 17.6 Å². The lowest BCUT2D eigenvalue weighted by atomic mass is 10.1. The fourth-order valence-electron chi connectivity index (χ4n) is 4.05. The van der Waals surface area contributed by atoms with Crippen molar-refractivity contribution in [1.29, 1.82) is 5.41 Å². The normalized spacial score (nSPS) is 14.2. The maximum Gasteiger partial charge on any atom is 0.302 e. The first-order valence-corrected chi connectivity index (χ1v) is 10.5. The topological polar surface area (TPSA) is 119 Å². The third-order valence-electron chi connectivity index (χ3n) is 5.58. The Bertz CT molecular complexity index is 1270. The van der Waals surface area contributed by atoms with Gasteiger partial charge in [0, 0.05) is 25.7 Å². The van der Waals surface area contributed by atoms with E-state index in [2.05, 4.69) is 10.3 Å². The third kappa shape index (κ3) is 4.21. The summed E-state index contributed by atoms with van der Waals surface area (Å²) in [5, 5.41) is 11.9. The lowest BCUT2D eigenvalue weighted by molar-refractivity contribution is -0.141. The Morgan fingerprint density at radius 2 is 2.06 bits per heavy atom. The van der Waals surface area contributed by atoms with Gasteiger partial charge in [0.2, 0.25) is 0 Å². The molecule has 9 nitrogen and oxygen atoms in total. The molecule has 0 aliphatic heterocycles. The van der Waals surface area contributed by atoms with E-state index < -0.39 is 0 Å². The zero-order valence-corrected chi connectivity index (χ0v) is 17.4. The van der Waals surface area contributed by atoms with E-state index in [4.69, 9.17) is 10.1 Å². The Morgan fingerprint density at radius 1 is 1.29 bits per heavy atom. The summed E-state index contributed by atoms with van der Waals surface area (Å²) in [5.41, 5.74) is 0.613. The summed E-state index contributed by atoms with van der Waals surface area (Å²) in [5.74, 6) is -0.738. The van der Waals surface area contributed by atoms with E-state index in [1.54, 1.807) is 29.0 Å². The van der Waals surface area contributed by atoms with Crippen LogP contribution in [0, 0.1) is 5.41 Å². The molecule has 1 aliphatic carbocycles. The van der Waals surface area contributed by atoms with Gasteiger partial charge in [-0.15, -0.1) is 0 Å². The first-order chi connectivity index (χ1) is 15.0. The molecular formula is C22H25N5O4. The number of ether oxygens (including phenoxy) is 1. The number of hydrogen-bond acceptors (Lipinski definition) is 6. The highest BCUT2D eigenvalue weighted by Crippen LogP contribution is 2.18. The summed E-state index contributed by atoms with van der Waals surface area (Å²) in [6, 6.07) is 6.80. The van der Waals surface area contributed by atoms with Crippen molar-refractivity contribution in [1.82, 2.24) is 19.3 Å². The van der Waals surface area contributed by atoms with Crippen LogP contribution >= 0.6 is 0 Å². The second-order valence-corrected chi connectivity index (χ2v) is 7.79. The second kappa shape index (κ2) is 8.71. The molecule has 0 aromatic carbocycles. The number of fused-ring (bicyclic) bond motifs is 2. The molecule has 1 saturated carbocycles. The number of aryl methyl sites for hydroxylation is 1. The highest BCUT2D eigenvalue weighted by molar-refractivity contribution is 5.97. The quantitative estimate of drug-likeness (QED) is 0.356. The van der Waals surface area contributed by atoms with Crippen molar-refractivity contribution in [3.8, 4) is 0 Å². The van der Waals surface area contributed by atoms with Gasteiger partial charge in [-0.3, -0.25) is 24.2 Å². The van der Waals surface area contributed by atoms with Crippen LogP contribution in [0.3, 0.4) is 0 Å². The Kier molecular flexibility index (Phi) is 5.83. The molecule has 1 fully saturated rings. The molecule has 3 heterocycles. The molecule has 3 aromatic heterocycles. The van der Waals surface area contributed by atoms with Gasteiger partial charge in [-0.2, -0.15) is 0 Å². The molecule has 162 valence electrons. The van der Waals surface area contributed by atoms with E-state index in [1.165, 1.54) is 17.4 Å². The number of nitrogens with one attached hydrogen (secondary N) is 2. The summed E-state index contributed by atoms with van der Waals surface area (Å²) in [4.78, 5) is 41.7. The van der Waals surface area contributed by atoms with Gasteiger partial charge in [-0.1, -0.05) is 18.9 Å². The van der Waals surface area contributed by atoms with Gasteiger partial charge in [0.1, 0.15) is 16.8 Å². The van der Waals surface area contributed by atoms with E-state index in [0.29, 0.717) is 17.7 Å². The molecule has 2 N–H and O–H groups in total. The van der Waals surface area contributed by atoms with E-state index in [-0.39, 0.29) is 53.1 Å². The number of pyridine rings is 2. The Balaban J connectivity index is 1.82. The first-order valence-electron chi connectivity index (χ1n) is 10.5. The van der Waals surface area contributed by atoms with Crippen LogP contribution in [-0.4, -0.2) is 38.5 Å². The van der Waals surface area contributed by atoms with Crippen molar-refractivity contribution in [2.24, 2.45) is 0 Å². The number of amides is 1. The molecule has 9 heteroatoms. The summed E-state index contributed by atoms with van der Waals surface area (Å²) >= 11 is 0. The number of aromatic nitrogens is 3. The zero-order chi connectivity index (χ0) is 22.0. The maximum absolute atomic E-state index is 13.1. The molecule has 0 saturated heterocycles. The number of nitrogens with zero attached hydrogens (tertiary/aromatic N) is 3. The van der Waals surface area contributed by atoms with Crippen LogP contribution in [0.25, 0.3) is 16.7 Å². The van der Waals surface area contributed by atoms with Gasteiger partial charge in [-0.05, 0) is 37.5 Å². The number of esters is 1. The molecule has 4 rings (SSSR count). The number of carbonyl (C=O) groups is 2. The minimum absolute atomic E-state index is 0.0157. The van der Waals surface area contributed by atoms with Crippen LogP contribution in [0.1, 0.15) is 49.4 Å². The van der Waals surface area contributed by atoms with E-state index in [0.717, 1.165) is 25.7 Å². The van der Waals surface area contributed by atoms with E-state index in [9.17, 15) is 14.4 Å². The Labute approximate surface area is 178 Å². The molecule has 0 bridgehead atoms. The van der Waals surface area contributed by atoms with E-state index >= 15 is 0 Å². The molecule has 31 heavy (non-hydrogen) atoms. The van der Waals surface area contributed by atoms with Crippen molar-refractivity contribution in [3.05, 3.63) is 51.9 Å². The fraction of sp³-hybridized carbons (Fsp3) is 0.409. The molecule has 1 amide bonds. The minimum Gasteiger partial charge on any atom is -0.466 e. The average Bonchev–Trinajstić information content (AvgIpc) is 3.25. The average molecular weight is 423 g/mol. The molecule has 0 radical (unpaired) electrons. The summed E-state index contributed by atoms with van der Waals surface area (Å²) in [6.45, 7) is 1.79. The van der Waals surface area contributed by atoms with Crippen molar-refractivity contribution < 1.29 is 14.3 Å².